The van der Waals surface area contributed by atoms with Gasteiger partial charge in [-0.25, -0.2) is 4.39 Å². The molecule has 2 nitrogen and oxygen atoms in total. The Bertz CT molecular complexity index is 668. The Morgan fingerprint density at radius 1 is 1.08 bits per heavy atom. The molecule has 24 heavy (non-hydrogen) atoms. The summed E-state index contributed by atoms with van der Waals surface area (Å²) in [6.07, 6.45) is 0.868. The Morgan fingerprint density at radius 3 is 2.29 bits per heavy atom. The first-order chi connectivity index (χ1) is 11.6. The number of benzene rings is 2. The van der Waals surface area contributed by atoms with Crippen LogP contribution in [-0.2, 0) is 0 Å². The fraction of sp³-hybridized carbons (Fsp3) is 0.350. The lowest BCUT2D eigenvalue weighted by atomic mass is 9.88. The Morgan fingerprint density at radius 2 is 1.75 bits per heavy atom. The van der Waals surface area contributed by atoms with Crippen LogP contribution in [0.5, 0.6) is 0 Å². The van der Waals surface area contributed by atoms with E-state index >= 15 is 0 Å². The van der Waals surface area contributed by atoms with Crippen molar-refractivity contribution in [3.63, 3.8) is 0 Å². The molecule has 2 rings (SSSR count). The second kappa shape index (κ2) is 8.97. The molecule has 1 unspecified atom stereocenters. The molecule has 0 saturated carbocycles. The molecule has 0 aromatic heterocycles. The molecule has 0 aliphatic rings. The fourth-order valence-electron chi connectivity index (χ4n) is 2.91. The van der Waals surface area contributed by atoms with Crippen LogP contribution in [0, 0.1) is 5.82 Å². The molecule has 0 spiro atoms. The lowest BCUT2D eigenvalue weighted by Gasteiger charge is -2.20. The van der Waals surface area contributed by atoms with Crippen LogP contribution in [0.3, 0.4) is 0 Å². The summed E-state index contributed by atoms with van der Waals surface area (Å²) in [5, 5.41) is 0.828. The van der Waals surface area contributed by atoms with Crippen molar-refractivity contribution in [1.29, 1.82) is 0 Å². The molecule has 4 heteroatoms. The lowest BCUT2D eigenvalue weighted by molar-refractivity contribution is 0.0773. The van der Waals surface area contributed by atoms with Gasteiger partial charge in [-0.05, 0) is 55.7 Å². The molecule has 0 N–H and O–H groups in total. The smallest absolute Gasteiger partial charge is 0.253 e. The highest BCUT2D eigenvalue weighted by Crippen LogP contribution is 2.29. The van der Waals surface area contributed by atoms with Gasteiger partial charge in [-0.2, -0.15) is 0 Å². The summed E-state index contributed by atoms with van der Waals surface area (Å²) >= 11 is 3.48. The maximum absolute atomic E-state index is 13.6. The van der Waals surface area contributed by atoms with E-state index in [1.54, 1.807) is 17.0 Å². The van der Waals surface area contributed by atoms with Crippen LogP contribution in [-0.4, -0.2) is 29.2 Å². The number of carbonyl (C=O) groups excluding carboxylic acids is 1. The van der Waals surface area contributed by atoms with E-state index in [0.717, 1.165) is 22.9 Å². The van der Waals surface area contributed by atoms with E-state index in [4.69, 9.17) is 0 Å². The van der Waals surface area contributed by atoms with Crippen LogP contribution >= 0.6 is 15.9 Å². The van der Waals surface area contributed by atoms with E-state index in [-0.39, 0.29) is 17.6 Å². The first-order valence-corrected chi connectivity index (χ1v) is 9.43. The number of carbonyl (C=O) groups is 1. The Labute approximate surface area is 151 Å². The molecular weight excluding hydrogens is 369 g/mol. The molecule has 1 amide bonds. The third-order valence-corrected chi connectivity index (χ3v) is 4.72. The predicted octanol–water partition coefficient (Wildman–Crippen LogP) is 5.22. The summed E-state index contributed by atoms with van der Waals surface area (Å²) in [5.41, 5.74) is 2.74. The Kier molecular flexibility index (Phi) is 6.98. The minimum Gasteiger partial charge on any atom is -0.339 e. The molecule has 0 radical (unpaired) electrons. The highest BCUT2D eigenvalue weighted by molar-refractivity contribution is 9.09. The van der Waals surface area contributed by atoms with Crippen molar-refractivity contribution >= 4 is 21.8 Å². The number of nitrogens with zero attached hydrogens (tertiary/aromatic N) is 1. The van der Waals surface area contributed by atoms with Gasteiger partial charge < -0.3 is 4.90 Å². The number of hydrogen-bond acceptors (Lipinski definition) is 1. The van der Waals surface area contributed by atoms with E-state index in [2.05, 4.69) is 15.9 Å². The van der Waals surface area contributed by atoms with Gasteiger partial charge in [0, 0.05) is 29.9 Å². The molecule has 0 aliphatic heterocycles. The summed E-state index contributed by atoms with van der Waals surface area (Å²) in [7, 11) is 0. The zero-order chi connectivity index (χ0) is 17.5. The molecule has 0 saturated heterocycles. The largest absolute Gasteiger partial charge is 0.339 e. The average molecular weight is 392 g/mol. The van der Waals surface area contributed by atoms with Gasteiger partial charge >= 0.3 is 0 Å². The van der Waals surface area contributed by atoms with Crippen molar-refractivity contribution in [2.75, 3.05) is 18.4 Å². The molecule has 2 aromatic rings. The molecule has 0 fully saturated rings. The average Bonchev–Trinajstić information content (AvgIpc) is 2.61. The molecule has 0 bridgehead atoms. The predicted molar refractivity (Wildman–Crippen MR) is 100 cm³/mol. The molecular formula is C20H23BrFNO. The molecule has 2 aromatic carbocycles. The third-order valence-electron chi connectivity index (χ3n) is 4.26. The second-order valence-electron chi connectivity index (χ2n) is 5.68. The summed E-state index contributed by atoms with van der Waals surface area (Å²) in [6, 6.07) is 14.4. The quantitative estimate of drug-likeness (QED) is 0.592. The molecule has 128 valence electrons. The van der Waals surface area contributed by atoms with E-state index in [1.165, 1.54) is 6.07 Å². The van der Waals surface area contributed by atoms with E-state index in [0.29, 0.717) is 18.7 Å². The van der Waals surface area contributed by atoms with E-state index < -0.39 is 0 Å². The number of amides is 1. The Balaban J connectivity index is 2.28. The second-order valence-corrected chi connectivity index (χ2v) is 6.48. The highest BCUT2D eigenvalue weighted by atomic mass is 79.9. The topological polar surface area (TPSA) is 20.3 Å². The first kappa shape index (κ1) is 18.7. The zero-order valence-corrected chi connectivity index (χ0v) is 15.7. The van der Waals surface area contributed by atoms with Gasteiger partial charge in [-0.1, -0.05) is 40.2 Å². The summed E-state index contributed by atoms with van der Waals surface area (Å²) in [6.45, 7) is 5.36. The summed E-state index contributed by atoms with van der Waals surface area (Å²) in [4.78, 5) is 14.2. The Hall–Kier alpha value is -1.68. The highest BCUT2D eigenvalue weighted by Gasteiger charge is 2.16. The molecule has 0 heterocycles. The van der Waals surface area contributed by atoms with Crippen LogP contribution in [0.15, 0.2) is 48.5 Å². The first-order valence-electron chi connectivity index (χ1n) is 8.31. The van der Waals surface area contributed by atoms with E-state index in [9.17, 15) is 9.18 Å². The van der Waals surface area contributed by atoms with Gasteiger partial charge in [-0.3, -0.25) is 4.79 Å². The number of alkyl halides is 1. The van der Waals surface area contributed by atoms with Crippen molar-refractivity contribution in [2.24, 2.45) is 0 Å². The van der Waals surface area contributed by atoms with Gasteiger partial charge in [0.25, 0.3) is 5.91 Å². The number of rotatable bonds is 7. The van der Waals surface area contributed by atoms with Gasteiger partial charge in [0.1, 0.15) is 5.82 Å². The van der Waals surface area contributed by atoms with Crippen molar-refractivity contribution in [3.8, 4) is 0 Å². The SMILES string of the molecule is CCN(CC)C(=O)c1ccc(C(CCBr)c2cccc(F)c2)cc1. The maximum Gasteiger partial charge on any atom is 0.253 e. The van der Waals surface area contributed by atoms with Crippen molar-refractivity contribution < 1.29 is 9.18 Å². The monoisotopic (exact) mass is 391 g/mol. The maximum atomic E-state index is 13.6. The third kappa shape index (κ3) is 4.44. The van der Waals surface area contributed by atoms with Crippen LogP contribution in [0.4, 0.5) is 4.39 Å². The van der Waals surface area contributed by atoms with Crippen molar-refractivity contribution in [1.82, 2.24) is 4.90 Å². The zero-order valence-electron chi connectivity index (χ0n) is 14.1. The lowest BCUT2D eigenvalue weighted by Crippen LogP contribution is -2.30. The van der Waals surface area contributed by atoms with Gasteiger partial charge in [0.2, 0.25) is 0 Å². The number of hydrogen-bond donors (Lipinski definition) is 0. The molecule has 1 atom stereocenters. The minimum absolute atomic E-state index is 0.0503. The van der Waals surface area contributed by atoms with Gasteiger partial charge in [-0.15, -0.1) is 0 Å². The standard InChI is InChI=1S/C20H23BrFNO/c1-3-23(4-2)20(24)16-10-8-15(9-11-16)19(12-13-21)17-6-5-7-18(22)14-17/h5-11,14,19H,3-4,12-13H2,1-2H3. The summed E-state index contributed by atoms with van der Waals surface area (Å²) in [5.74, 6) is -0.0626. The normalized spacial score (nSPS) is 12.0. The van der Waals surface area contributed by atoms with Gasteiger partial charge in [0.15, 0.2) is 0 Å². The van der Waals surface area contributed by atoms with Crippen LogP contribution < -0.4 is 0 Å². The van der Waals surface area contributed by atoms with Gasteiger partial charge in [0.05, 0.1) is 0 Å². The van der Waals surface area contributed by atoms with Crippen LogP contribution in [0.1, 0.15) is 47.7 Å². The fourth-order valence-corrected chi connectivity index (χ4v) is 3.37. The van der Waals surface area contributed by atoms with Crippen LogP contribution in [0.2, 0.25) is 0 Å². The van der Waals surface area contributed by atoms with Crippen LogP contribution in [0.25, 0.3) is 0 Å². The van der Waals surface area contributed by atoms with Crippen molar-refractivity contribution in [2.45, 2.75) is 26.2 Å². The summed E-state index contributed by atoms with van der Waals surface area (Å²) < 4.78 is 13.6. The minimum atomic E-state index is -0.222. The van der Waals surface area contributed by atoms with E-state index in [1.807, 2.05) is 44.2 Å². The molecule has 0 aliphatic carbocycles. The number of halogens is 2. The van der Waals surface area contributed by atoms with Crippen molar-refractivity contribution in [3.05, 3.63) is 71.0 Å².